The van der Waals surface area contributed by atoms with Gasteiger partial charge in [0.25, 0.3) is 0 Å². The number of para-hydroxylation sites is 2. The SMILES string of the molecule is NCCCCC(NC(=O)C(N)CCC(=O)O)C(=O)NC(Cc1c[nH]c2ccccc12)C(=O)NC(Cc1c[nH]c2ccccc12)C(=O)O. The fourth-order valence-corrected chi connectivity index (χ4v) is 5.45. The van der Waals surface area contributed by atoms with Crippen molar-refractivity contribution in [1.82, 2.24) is 25.9 Å². The molecule has 0 bridgehead atoms. The Hall–Kier alpha value is -5.21. The fourth-order valence-electron chi connectivity index (χ4n) is 5.45. The molecule has 0 aliphatic rings. The third kappa shape index (κ3) is 9.40. The second kappa shape index (κ2) is 16.4. The van der Waals surface area contributed by atoms with E-state index in [0.29, 0.717) is 30.5 Å². The molecule has 4 aromatic rings. The second-order valence-corrected chi connectivity index (χ2v) is 11.5. The normalized spacial score (nSPS) is 13.8. The number of hydrogen-bond acceptors (Lipinski definition) is 7. The molecule has 0 aliphatic carbocycles. The molecule has 0 saturated heterocycles. The zero-order valence-electron chi connectivity index (χ0n) is 25.8. The average Bonchev–Trinajstić information content (AvgIpc) is 3.66. The van der Waals surface area contributed by atoms with Crippen molar-refractivity contribution in [3.8, 4) is 0 Å². The molecular weight excluding hydrogens is 606 g/mol. The van der Waals surface area contributed by atoms with Crippen LogP contribution in [0.3, 0.4) is 0 Å². The van der Waals surface area contributed by atoms with Gasteiger partial charge in [-0.1, -0.05) is 36.4 Å². The van der Waals surface area contributed by atoms with E-state index < -0.39 is 53.8 Å². The number of carbonyl (C=O) groups is 5. The average molecular weight is 648 g/mol. The highest BCUT2D eigenvalue weighted by Gasteiger charge is 2.31. The number of fused-ring (bicyclic) bond motifs is 2. The molecule has 0 saturated carbocycles. The van der Waals surface area contributed by atoms with E-state index in [4.69, 9.17) is 16.6 Å². The van der Waals surface area contributed by atoms with Crippen LogP contribution in [0, 0.1) is 0 Å². The molecule has 47 heavy (non-hydrogen) atoms. The molecule has 4 rings (SSSR count). The number of nitrogens with one attached hydrogen (secondary N) is 5. The molecule has 4 atom stereocenters. The largest absolute Gasteiger partial charge is 0.481 e. The van der Waals surface area contributed by atoms with E-state index in [0.717, 1.165) is 21.8 Å². The lowest BCUT2D eigenvalue weighted by Gasteiger charge is -2.25. The van der Waals surface area contributed by atoms with Gasteiger partial charge >= 0.3 is 11.9 Å². The molecule has 0 spiro atoms. The topological polar surface area (TPSA) is 246 Å². The number of aliphatic carboxylic acids is 2. The van der Waals surface area contributed by atoms with Crippen LogP contribution in [0.25, 0.3) is 21.8 Å². The molecule has 14 nitrogen and oxygen atoms in total. The van der Waals surface area contributed by atoms with Crippen molar-refractivity contribution >= 4 is 51.5 Å². The predicted molar refractivity (Wildman–Crippen MR) is 175 cm³/mol. The first-order valence-corrected chi connectivity index (χ1v) is 15.5. The van der Waals surface area contributed by atoms with Crippen LogP contribution in [0.1, 0.15) is 43.2 Å². The maximum atomic E-state index is 13.8. The first kappa shape index (κ1) is 34.7. The highest BCUT2D eigenvalue weighted by atomic mass is 16.4. The third-order valence-electron chi connectivity index (χ3n) is 8.03. The number of H-pyrrole nitrogens is 2. The number of aromatic nitrogens is 2. The van der Waals surface area contributed by atoms with Gasteiger partial charge < -0.3 is 47.6 Å². The molecule has 4 unspecified atom stereocenters. The minimum Gasteiger partial charge on any atom is -0.481 e. The summed E-state index contributed by atoms with van der Waals surface area (Å²) in [7, 11) is 0. The van der Waals surface area contributed by atoms with E-state index in [2.05, 4.69) is 25.9 Å². The number of benzene rings is 2. The van der Waals surface area contributed by atoms with Gasteiger partial charge in [0.2, 0.25) is 17.7 Å². The number of carboxylic acids is 2. The molecule has 0 radical (unpaired) electrons. The van der Waals surface area contributed by atoms with Gasteiger partial charge in [-0.15, -0.1) is 0 Å². The highest BCUT2D eigenvalue weighted by molar-refractivity contribution is 5.95. The van der Waals surface area contributed by atoms with Crippen molar-refractivity contribution in [1.29, 1.82) is 0 Å². The van der Waals surface area contributed by atoms with Gasteiger partial charge in [-0.25, -0.2) is 4.79 Å². The van der Waals surface area contributed by atoms with Crippen LogP contribution in [-0.2, 0) is 36.8 Å². The van der Waals surface area contributed by atoms with Crippen LogP contribution in [-0.4, -0.2) is 80.6 Å². The molecule has 0 aliphatic heterocycles. The van der Waals surface area contributed by atoms with Gasteiger partial charge in [-0.2, -0.15) is 0 Å². The van der Waals surface area contributed by atoms with Crippen molar-refractivity contribution < 1.29 is 34.2 Å². The number of rotatable bonds is 18. The fraction of sp³-hybridized carbons (Fsp3) is 0.364. The Morgan fingerprint density at radius 2 is 1.19 bits per heavy atom. The van der Waals surface area contributed by atoms with E-state index in [1.165, 1.54) is 0 Å². The van der Waals surface area contributed by atoms with Crippen molar-refractivity contribution in [2.24, 2.45) is 11.5 Å². The maximum absolute atomic E-state index is 13.8. The molecular formula is C33H41N7O7. The van der Waals surface area contributed by atoms with Crippen LogP contribution in [0.4, 0.5) is 0 Å². The number of aromatic amines is 2. The molecule has 2 aromatic carbocycles. The Kier molecular flexibility index (Phi) is 12.1. The Morgan fingerprint density at radius 3 is 1.74 bits per heavy atom. The first-order chi connectivity index (χ1) is 22.6. The third-order valence-corrected chi connectivity index (χ3v) is 8.03. The van der Waals surface area contributed by atoms with E-state index in [1.54, 1.807) is 12.4 Å². The standard InChI is InChI=1S/C33H41N7O7/c34-14-6-5-11-26(38-30(43)23(35)12-13-29(41)42)31(44)39-27(15-19-17-36-24-9-3-1-7-21(19)24)32(45)40-28(33(46)47)16-20-18-37-25-10-4-2-8-22(20)25/h1-4,7-10,17-18,23,26-28,36-37H,5-6,11-16,34-35H2,(H,38,43)(H,39,44)(H,40,45)(H,41,42)(H,46,47). The lowest BCUT2D eigenvalue weighted by atomic mass is 10.0. The minimum atomic E-state index is -1.31. The molecule has 250 valence electrons. The first-order valence-electron chi connectivity index (χ1n) is 15.5. The number of unbranched alkanes of at least 4 members (excludes halogenated alkanes) is 1. The summed E-state index contributed by atoms with van der Waals surface area (Å²) in [5.41, 5.74) is 14.6. The van der Waals surface area contributed by atoms with Gasteiger partial charge in [-0.3, -0.25) is 19.2 Å². The van der Waals surface area contributed by atoms with Gasteiger partial charge in [-0.05, 0) is 55.5 Å². The molecule has 2 heterocycles. The summed E-state index contributed by atoms with van der Waals surface area (Å²) in [5.74, 6) is -4.46. The van der Waals surface area contributed by atoms with Crippen molar-refractivity contribution in [3.63, 3.8) is 0 Å². The van der Waals surface area contributed by atoms with Gasteiger partial charge in [0.15, 0.2) is 0 Å². The Balaban J connectivity index is 1.57. The molecule has 14 heteroatoms. The van der Waals surface area contributed by atoms with Crippen LogP contribution in [0.2, 0.25) is 0 Å². The molecule has 3 amide bonds. The van der Waals surface area contributed by atoms with Crippen molar-refractivity contribution in [2.75, 3.05) is 6.54 Å². The van der Waals surface area contributed by atoms with E-state index in [-0.39, 0.29) is 32.1 Å². The highest BCUT2D eigenvalue weighted by Crippen LogP contribution is 2.21. The maximum Gasteiger partial charge on any atom is 0.326 e. The molecule has 0 fully saturated rings. The lowest BCUT2D eigenvalue weighted by Crippen LogP contribution is -2.57. The monoisotopic (exact) mass is 647 g/mol. The number of hydrogen-bond donors (Lipinski definition) is 9. The summed E-state index contributed by atoms with van der Waals surface area (Å²) in [6.07, 6.45) is 4.20. The summed E-state index contributed by atoms with van der Waals surface area (Å²) < 4.78 is 0. The van der Waals surface area contributed by atoms with Crippen LogP contribution >= 0.6 is 0 Å². The zero-order chi connectivity index (χ0) is 33.9. The summed E-state index contributed by atoms with van der Waals surface area (Å²) >= 11 is 0. The quantitative estimate of drug-likeness (QED) is 0.0705. The van der Waals surface area contributed by atoms with Crippen LogP contribution in [0.5, 0.6) is 0 Å². The van der Waals surface area contributed by atoms with Crippen molar-refractivity contribution in [2.45, 2.75) is 69.1 Å². The van der Waals surface area contributed by atoms with E-state index in [1.807, 2.05) is 48.5 Å². The number of carbonyl (C=O) groups excluding carboxylic acids is 3. The van der Waals surface area contributed by atoms with Gasteiger partial charge in [0, 0.05) is 53.5 Å². The summed E-state index contributed by atoms with van der Waals surface area (Å²) in [4.78, 5) is 69.9. The summed E-state index contributed by atoms with van der Waals surface area (Å²) in [6.45, 7) is 0.360. The van der Waals surface area contributed by atoms with Crippen LogP contribution < -0.4 is 27.4 Å². The number of carboxylic acid groups (broad SMARTS) is 2. The summed E-state index contributed by atoms with van der Waals surface area (Å²) in [6, 6.07) is 10.0. The number of nitrogens with two attached hydrogens (primary N) is 2. The number of amides is 3. The van der Waals surface area contributed by atoms with Gasteiger partial charge in [0.05, 0.1) is 6.04 Å². The Morgan fingerprint density at radius 1 is 0.681 bits per heavy atom. The Labute approximate surface area is 270 Å². The lowest BCUT2D eigenvalue weighted by molar-refractivity contribution is -0.142. The zero-order valence-corrected chi connectivity index (χ0v) is 25.8. The Bertz CT molecular complexity index is 1720. The molecule has 11 N–H and O–H groups in total. The minimum absolute atomic E-state index is 0.00909. The van der Waals surface area contributed by atoms with Crippen molar-refractivity contribution in [3.05, 3.63) is 72.1 Å². The second-order valence-electron chi connectivity index (χ2n) is 11.5. The van der Waals surface area contributed by atoms with E-state index >= 15 is 0 Å². The smallest absolute Gasteiger partial charge is 0.326 e. The van der Waals surface area contributed by atoms with E-state index in [9.17, 15) is 29.1 Å². The van der Waals surface area contributed by atoms with Gasteiger partial charge in [0.1, 0.15) is 18.1 Å². The predicted octanol–water partition coefficient (Wildman–Crippen LogP) is 1.29. The van der Waals surface area contributed by atoms with Crippen LogP contribution in [0.15, 0.2) is 60.9 Å². The summed E-state index contributed by atoms with van der Waals surface area (Å²) in [5, 5.41) is 28.6. The molecule has 2 aromatic heterocycles.